The van der Waals surface area contributed by atoms with E-state index in [1.807, 2.05) is 73.7 Å². The zero-order valence-electron chi connectivity index (χ0n) is 32.9. The van der Waals surface area contributed by atoms with Gasteiger partial charge in [0.2, 0.25) is 0 Å². The quantitative estimate of drug-likeness (QED) is 0.111. The molecule has 0 radical (unpaired) electrons. The summed E-state index contributed by atoms with van der Waals surface area (Å²) in [6.45, 7) is 2.74. The number of carbonyl (C=O) groups is 3. The molecule has 2 aliphatic rings. The number of aromatic nitrogens is 3. The zero-order valence-corrected chi connectivity index (χ0v) is 32.9. The third-order valence-electron chi connectivity index (χ3n) is 11.1. The van der Waals surface area contributed by atoms with E-state index in [1.54, 1.807) is 84.6 Å². The summed E-state index contributed by atoms with van der Waals surface area (Å²) >= 11 is 0. The van der Waals surface area contributed by atoms with Gasteiger partial charge in [-0.2, -0.15) is 0 Å². The smallest absolute Gasteiger partial charge is 0.264 e. The number of anilines is 3. The molecule has 3 N–H and O–H groups in total. The predicted molar refractivity (Wildman–Crippen MR) is 221 cm³/mol. The molecular weight excluding hydrogens is 749 g/mol. The second-order valence-electron chi connectivity index (χ2n) is 14.8. The first kappa shape index (κ1) is 39.0. The van der Waals surface area contributed by atoms with Gasteiger partial charge in [-0.3, -0.25) is 19.1 Å². The van der Waals surface area contributed by atoms with E-state index in [2.05, 4.69) is 20.9 Å². The fraction of sp³-hybridized carbons (Fsp3) is 0.239. The first-order valence-corrected chi connectivity index (χ1v) is 19.4. The molecule has 13 nitrogen and oxygen atoms in total. The molecule has 3 heterocycles. The number of ether oxygens (including phenoxy) is 3. The van der Waals surface area contributed by atoms with Crippen molar-refractivity contribution in [3.05, 3.63) is 161 Å². The number of amides is 3. The highest BCUT2D eigenvalue weighted by molar-refractivity contribution is 6.09. The fourth-order valence-corrected chi connectivity index (χ4v) is 7.88. The number of nitrogens with zero attached hydrogens (tertiary/aromatic N) is 4. The van der Waals surface area contributed by atoms with Crippen LogP contribution in [0.5, 0.6) is 11.5 Å². The number of benzene rings is 5. The lowest BCUT2D eigenvalue weighted by molar-refractivity contribution is -0.146. The minimum atomic E-state index is -1.30. The van der Waals surface area contributed by atoms with E-state index in [0.29, 0.717) is 70.3 Å². The van der Waals surface area contributed by atoms with Crippen LogP contribution < -0.4 is 25.0 Å². The molecule has 1 fully saturated rings. The van der Waals surface area contributed by atoms with Crippen molar-refractivity contribution in [1.82, 2.24) is 15.0 Å². The minimum absolute atomic E-state index is 0.188. The van der Waals surface area contributed by atoms with Crippen molar-refractivity contribution in [2.24, 2.45) is 5.92 Å². The van der Waals surface area contributed by atoms with Gasteiger partial charge in [-0.05, 0) is 103 Å². The Bertz CT molecular complexity index is 2460. The molecule has 0 aliphatic carbocycles. The van der Waals surface area contributed by atoms with Gasteiger partial charge < -0.3 is 34.9 Å². The van der Waals surface area contributed by atoms with E-state index in [9.17, 15) is 19.5 Å². The Morgan fingerprint density at radius 3 is 2.08 bits per heavy atom. The molecule has 13 heteroatoms. The second kappa shape index (κ2) is 16.6. The van der Waals surface area contributed by atoms with Crippen LogP contribution in [0.25, 0.3) is 0 Å². The van der Waals surface area contributed by atoms with E-state index in [4.69, 9.17) is 14.2 Å². The Balaban J connectivity index is 1.02. The Kier molecular flexibility index (Phi) is 11.0. The van der Waals surface area contributed by atoms with E-state index in [-0.39, 0.29) is 36.3 Å². The van der Waals surface area contributed by atoms with Crippen LogP contribution in [0.1, 0.15) is 69.0 Å². The topological polar surface area (TPSA) is 157 Å². The summed E-state index contributed by atoms with van der Waals surface area (Å²) in [6, 6.07) is 35.9. The van der Waals surface area contributed by atoms with Gasteiger partial charge in [-0.15, -0.1) is 5.10 Å². The van der Waals surface area contributed by atoms with Crippen LogP contribution in [-0.4, -0.2) is 58.1 Å². The maximum absolute atomic E-state index is 14.8. The summed E-state index contributed by atoms with van der Waals surface area (Å²) in [7, 11) is 3.14. The van der Waals surface area contributed by atoms with Crippen molar-refractivity contribution >= 4 is 34.8 Å². The number of aliphatic hydroxyl groups excluding tert-OH is 1. The van der Waals surface area contributed by atoms with Crippen molar-refractivity contribution < 1.29 is 33.7 Å². The average Bonchev–Trinajstić information content (AvgIpc) is 3.95. The molecule has 6 aromatic rings. The monoisotopic (exact) mass is 792 g/mol. The highest BCUT2D eigenvalue weighted by Gasteiger charge is 2.60. The Labute approximate surface area is 341 Å². The van der Waals surface area contributed by atoms with Gasteiger partial charge in [0.15, 0.2) is 5.60 Å². The SMILES string of the molecule is COc1ccc(C(=O)Nc2ccc(CN3C(=O)[C@]4(O[C@H](CCn5cc([C@H](O)c6ccccc6)nn5)C[C@@H]4C)c4cc(NC(=O)c5ccc(OC)cc5)ccc43)cc2)cc1. The lowest BCUT2D eigenvalue weighted by Crippen LogP contribution is -2.43. The summed E-state index contributed by atoms with van der Waals surface area (Å²) < 4.78 is 19.0. The number of carbonyl (C=O) groups excluding carboxylic acids is 3. The zero-order chi connectivity index (χ0) is 41.1. The van der Waals surface area contributed by atoms with E-state index in [1.165, 1.54) is 0 Å². The molecule has 1 spiro atoms. The first-order chi connectivity index (χ1) is 28.6. The van der Waals surface area contributed by atoms with Gasteiger partial charge in [0.1, 0.15) is 23.3 Å². The van der Waals surface area contributed by atoms with Crippen LogP contribution >= 0.6 is 0 Å². The first-order valence-electron chi connectivity index (χ1n) is 19.4. The Morgan fingerprint density at radius 2 is 1.46 bits per heavy atom. The lowest BCUT2D eigenvalue weighted by atomic mass is 9.82. The number of aliphatic hydroxyl groups is 1. The summed E-state index contributed by atoms with van der Waals surface area (Å²) in [5, 5.41) is 25.2. The highest BCUT2D eigenvalue weighted by atomic mass is 16.5. The number of rotatable bonds is 13. The molecule has 1 aromatic heterocycles. The molecule has 59 heavy (non-hydrogen) atoms. The summed E-state index contributed by atoms with van der Waals surface area (Å²) in [5.41, 5.74) is 4.19. The molecule has 1 saturated heterocycles. The molecule has 5 aromatic carbocycles. The van der Waals surface area contributed by atoms with Crippen molar-refractivity contribution in [3.8, 4) is 11.5 Å². The third-order valence-corrected chi connectivity index (χ3v) is 11.1. The molecular formula is C46H44N6O7. The summed E-state index contributed by atoms with van der Waals surface area (Å²) in [4.78, 5) is 42.8. The molecule has 300 valence electrons. The van der Waals surface area contributed by atoms with Gasteiger partial charge in [0, 0.05) is 40.5 Å². The number of hydrogen-bond acceptors (Lipinski definition) is 9. The normalized spacial score (nSPS) is 18.7. The second-order valence-corrected chi connectivity index (χ2v) is 14.8. The third kappa shape index (κ3) is 7.90. The number of aryl methyl sites for hydroxylation is 1. The largest absolute Gasteiger partial charge is 0.497 e. The number of nitrogens with one attached hydrogen (secondary N) is 2. The maximum atomic E-state index is 14.8. The van der Waals surface area contributed by atoms with Crippen LogP contribution in [0.15, 0.2) is 128 Å². The van der Waals surface area contributed by atoms with Gasteiger partial charge in [0.25, 0.3) is 17.7 Å². The molecule has 0 saturated carbocycles. The van der Waals surface area contributed by atoms with Gasteiger partial charge in [-0.25, -0.2) is 0 Å². The predicted octanol–water partition coefficient (Wildman–Crippen LogP) is 7.14. The molecule has 2 aliphatic heterocycles. The fourth-order valence-electron chi connectivity index (χ4n) is 7.88. The van der Waals surface area contributed by atoms with Crippen molar-refractivity contribution in [2.45, 2.75) is 50.7 Å². The Hall–Kier alpha value is -6.83. The summed E-state index contributed by atoms with van der Waals surface area (Å²) in [5.74, 6) is 0.352. The molecule has 0 bridgehead atoms. The van der Waals surface area contributed by atoms with Crippen molar-refractivity contribution in [2.75, 3.05) is 29.8 Å². The van der Waals surface area contributed by atoms with Gasteiger partial charge in [-0.1, -0.05) is 54.6 Å². The van der Waals surface area contributed by atoms with Crippen molar-refractivity contribution in [3.63, 3.8) is 0 Å². The molecule has 4 atom stereocenters. The number of methoxy groups -OCH3 is 2. The number of fused-ring (bicyclic) bond motifs is 2. The van der Waals surface area contributed by atoms with Crippen LogP contribution in [-0.2, 0) is 28.2 Å². The van der Waals surface area contributed by atoms with Crippen LogP contribution in [0.3, 0.4) is 0 Å². The number of hydrogen-bond donors (Lipinski definition) is 3. The van der Waals surface area contributed by atoms with Gasteiger partial charge in [0.05, 0.1) is 38.8 Å². The van der Waals surface area contributed by atoms with E-state index >= 15 is 0 Å². The summed E-state index contributed by atoms with van der Waals surface area (Å²) in [6.07, 6.45) is 1.70. The lowest BCUT2D eigenvalue weighted by Gasteiger charge is -2.28. The van der Waals surface area contributed by atoms with Crippen molar-refractivity contribution in [1.29, 1.82) is 0 Å². The van der Waals surface area contributed by atoms with Crippen LogP contribution in [0.2, 0.25) is 0 Å². The Morgan fingerprint density at radius 1 is 0.847 bits per heavy atom. The average molecular weight is 793 g/mol. The molecule has 0 unspecified atom stereocenters. The molecule has 8 rings (SSSR count). The molecule has 3 amide bonds. The standard InChI is InChI=1S/C46H44N6O7/c1-29-25-38(23-24-51-28-40(49-50-51)42(53)31-7-5-4-6-8-31)59-46(29)39-26-35(48-44(55)33-13-20-37(58-3)21-14-33)17-22-41(39)52(45(46)56)27-30-9-15-34(16-10-30)47-43(54)32-11-18-36(57-2)19-12-32/h4-22,26,28-29,38,42,53H,23-25,27H2,1-3H3,(H,47,54)(H,48,55)/t29-,38+,42+,46+/m0/s1. The maximum Gasteiger partial charge on any atom is 0.264 e. The van der Waals surface area contributed by atoms with Crippen LogP contribution in [0, 0.1) is 5.92 Å². The van der Waals surface area contributed by atoms with E-state index in [0.717, 1.165) is 11.1 Å². The van der Waals surface area contributed by atoms with E-state index < -0.39 is 11.7 Å². The highest BCUT2D eigenvalue weighted by Crippen LogP contribution is 2.54. The van der Waals surface area contributed by atoms with Crippen LogP contribution in [0.4, 0.5) is 17.1 Å². The van der Waals surface area contributed by atoms with Gasteiger partial charge >= 0.3 is 0 Å². The minimum Gasteiger partial charge on any atom is -0.497 e.